The van der Waals surface area contributed by atoms with E-state index in [1.165, 1.54) is 6.33 Å². The molecule has 2 aromatic heterocycles. The second-order valence-corrected chi connectivity index (χ2v) is 4.08. The van der Waals surface area contributed by atoms with Gasteiger partial charge < -0.3 is 19.5 Å². The average Bonchev–Trinajstić information content (AvgIpc) is 2.85. The number of carbonyl (C=O) groups excluding carboxylic acids is 1. The summed E-state index contributed by atoms with van der Waals surface area (Å²) in [6.07, 6.45) is 1.47. The van der Waals surface area contributed by atoms with Gasteiger partial charge in [0.05, 0.1) is 18.6 Å². The van der Waals surface area contributed by atoms with Crippen LogP contribution in [0.25, 0.3) is 0 Å². The first kappa shape index (κ1) is 13.1. The maximum atomic E-state index is 11.6. The van der Waals surface area contributed by atoms with E-state index in [9.17, 15) is 4.79 Å². The Hall–Kier alpha value is -2.31. The number of aromatic nitrogens is 3. The van der Waals surface area contributed by atoms with Gasteiger partial charge in [-0.25, -0.2) is 14.8 Å². The van der Waals surface area contributed by atoms with Crippen molar-refractivity contribution in [3.8, 4) is 0 Å². The van der Waals surface area contributed by atoms with Crippen molar-refractivity contribution >= 4 is 11.8 Å². The molecule has 7 heteroatoms. The quantitative estimate of drug-likeness (QED) is 0.836. The number of esters is 1. The molecule has 2 N–H and O–H groups in total. The van der Waals surface area contributed by atoms with E-state index in [-0.39, 0.29) is 18.1 Å². The zero-order valence-corrected chi connectivity index (χ0v) is 11.1. The largest absolute Gasteiger partial charge is 0.461 e. The molecule has 0 aliphatic heterocycles. The molecule has 19 heavy (non-hydrogen) atoms. The molecule has 0 unspecified atom stereocenters. The number of hydrogen-bond acceptors (Lipinski definition) is 6. The van der Waals surface area contributed by atoms with Crippen LogP contribution in [-0.2, 0) is 11.3 Å². The Labute approximate surface area is 110 Å². The number of anilines is 1. The molecule has 0 fully saturated rings. The molecule has 0 atom stereocenters. The summed E-state index contributed by atoms with van der Waals surface area (Å²) < 4.78 is 11.9. The van der Waals surface area contributed by atoms with Crippen LogP contribution < -0.4 is 5.73 Å². The van der Waals surface area contributed by atoms with Crippen LogP contribution in [0.5, 0.6) is 0 Å². The molecule has 0 amide bonds. The second-order valence-electron chi connectivity index (χ2n) is 4.08. The molecule has 2 rings (SSSR count). The fourth-order valence-electron chi connectivity index (χ4n) is 1.63. The van der Waals surface area contributed by atoms with Crippen molar-refractivity contribution in [2.45, 2.75) is 27.3 Å². The Kier molecular flexibility index (Phi) is 3.55. The Balaban J connectivity index is 2.20. The van der Waals surface area contributed by atoms with Gasteiger partial charge in [0.25, 0.3) is 0 Å². The Morgan fingerprint density at radius 3 is 2.84 bits per heavy atom. The Bertz CT molecular complexity index is 581. The summed E-state index contributed by atoms with van der Waals surface area (Å²) in [5, 5.41) is 0. The first-order chi connectivity index (χ1) is 9.02. The van der Waals surface area contributed by atoms with Crippen molar-refractivity contribution in [2.24, 2.45) is 0 Å². The highest BCUT2D eigenvalue weighted by Gasteiger charge is 2.18. The van der Waals surface area contributed by atoms with Crippen molar-refractivity contribution < 1.29 is 13.9 Å². The fourth-order valence-corrected chi connectivity index (χ4v) is 1.63. The van der Waals surface area contributed by atoms with Crippen LogP contribution in [0.3, 0.4) is 0 Å². The van der Waals surface area contributed by atoms with Crippen LogP contribution in [-0.4, -0.2) is 27.1 Å². The van der Waals surface area contributed by atoms with E-state index < -0.39 is 5.97 Å². The molecule has 0 radical (unpaired) electrons. The van der Waals surface area contributed by atoms with Crippen LogP contribution >= 0.6 is 0 Å². The van der Waals surface area contributed by atoms with Crippen LogP contribution in [0.2, 0.25) is 0 Å². The summed E-state index contributed by atoms with van der Waals surface area (Å²) in [4.78, 5) is 19.8. The summed E-state index contributed by atoms with van der Waals surface area (Å²) in [6.45, 7) is 6.04. The van der Waals surface area contributed by atoms with E-state index in [1.807, 2.05) is 13.8 Å². The van der Waals surface area contributed by atoms with Crippen molar-refractivity contribution in [1.29, 1.82) is 0 Å². The lowest BCUT2D eigenvalue weighted by atomic mass is 10.4. The van der Waals surface area contributed by atoms with Crippen molar-refractivity contribution in [2.75, 3.05) is 12.3 Å². The first-order valence-electron chi connectivity index (χ1n) is 5.93. The van der Waals surface area contributed by atoms with Crippen molar-refractivity contribution in [1.82, 2.24) is 14.5 Å². The van der Waals surface area contributed by atoms with E-state index in [0.29, 0.717) is 12.4 Å². The second kappa shape index (κ2) is 5.13. The fraction of sp³-hybridized carbons (Fsp3) is 0.417. The number of carbonyl (C=O) groups is 1. The predicted octanol–water partition coefficient (Wildman–Crippen LogP) is 1.30. The number of oxazole rings is 1. The summed E-state index contributed by atoms with van der Waals surface area (Å²) in [7, 11) is 0. The minimum Gasteiger partial charge on any atom is -0.461 e. The molecule has 7 nitrogen and oxygen atoms in total. The number of rotatable bonds is 4. The molecule has 0 bridgehead atoms. The van der Waals surface area contributed by atoms with E-state index in [1.54, 1.807) is 11.5 Å². The normalized spacial score (nSPS) is 10.7. The topological polar surface area (TPSA) is 96.2 Å². The first-order valence-corrected chi connectivity index (χ1v) is 5.93. The smallest absolute Gasteiger partial charge is 0.360 e. The van der Waals surface area contributed by atoms with E-state index >= 15 is 0 Å². The number of aryl methyl sites for hydroxylation is 2. The predicted molar refractivity (Wildman–Crippen MR) is 67.7 cm³/mol. The number of nitrogens with zero attached hydrogens (tertiary/aromatic N) is 3. The molecule has 0 aromatic carbocycles. The van der Waals surface area contributed by atoms with Gasteiger partial charge in [0.2, 0.25) is 5.89 Å². The highest BCUT2D eigenvalue weighted by atomic mass is 16.5. The minimum atomic E-state index is -0.529. The molecular weight excluding hydrogens is 248 g/mol. The van der Waals surface area contributed by atoms with Crippen molar-refractivity contribution in [3.05, 3.63) is 29.4 Å². The number of hydrogen-bond donors (Lipinski definition) is 1. The van der Waals surface area contributed by atoms with E-state index in [2.05, 4.69) is 9.97 Å². The molecule has 2 aromatic rings. The molecule has 2 heterocycles. The molecule has 0 aliphatic carbocycles. The van der Waals surface area contributed by atoms with Crippen LogP contribution in [0.4, 0.5) is 5.82 Å². The number of ether oxygens (including phenoxy) is 1. The highest BCUT2D eigenvalue weighted by molar-refractivity contribution is 5.92. The Morgan fingerprint density at radius 1 is 1.53 bits per heavy atom. The molecule has 0 saturated heterocycles. The number of nitrogens with two attached hydrogens (primary N) is 1. The maximum Gasteiger partial charge on any atom is 0.360 e. The van der Waals surface area contributed by atoms with Gasteiger partial charge in [-0.2, -0.15) is 0 Å². The summed E-state index contributed by atoms with van der Waals surface area (Å²) in [6, 6.07) is 0. The Morgan fingerprint density at radius 2 is 2.26 bits per heavy atom. The summed E-state index contributed by atoms with van der Waals surface area (Å²) >= 11 is 0. The molecule has 0 saturated carbocycles. The lowest BCUT2D eigenvalue weighted by Crippen LogP contribution is -2.10. The van der Waals surface area contributed by atoms with Crippen LogP contribution in [0.1, 0.15) is 34.8 Å². The molecule has 0 aliphatic rings. The standard InChI is InChI=1S/C12H16N4O3/c1-4-18-12(17)10-11(13)16(6-14-10)5-9-15-7(2)8(3)19-9/h6H,4-5,13H2,1-3H3. The number of nitrogen functional groups attached to an aromatic ring is 1. The van der Waals surface area contributed by atoms with Gasteiger partial charge in [-0.05, 0) is 20.8 Å². The van der Waals surface area contributed by atoms with E-state index in [4.69, 9.17) is 14.9 Å². The van der Waals surface area contributed by atoms with Gasteiger partial charge in [-0.3, -0.25) is 0 Å². The monoisotopic (exact) mass is 264 g/mol. The van der Waals surface area contributed by atoms with E-state index in [0.717, 1.165) is 11.5 Å². The van der Waals surface area contributed by atoms with Gasteiger partial charge in [-0.1, -0.05) is 0 Å². The van der Waals surface area contributed by atoms with Gasteiger partial charge in [0, 0.05) is 0 Å². The minimum absolute atomic E-state index is 0.113. The highest BCUT2D eigenvalue weighted by Crippen LogP contribution is 2.15. The zero-order valence-electron chi connectivity index (χ0n) is 11.1. The maximum absolute atomic E-state index is 11.6. The summed E-state index contributed by atoms with van der Waals surface area (Å²) in [5.41, 5.74) is 6.80. The third-order valence-corrected chi connectivity index (χ3v) is 2.73. The van der Waals surface area contributed by atoms with Crippen LogP contribution in [0, 0.1) is 13.8 Å². The molecule has 102 valence electrons. The zero-order chi connectivity index (χ0) is 14.0. The van der Waals surface area contributed by atoms with Crippen molar-refractivity contribution in [3.63, 3.8) is 0 Å². The van der Waals surface area contributed by atoms with Crippen LogP contribution in [0.15, 0.2) is 10.7 Å². The molecular formula is C12H16N4O3. The van der Waals surface area contributed by atoms with Gasteiger partial charge >= 0.3 is 5.97 Å². The third kappa shape index (κ3) is 2.59. The average molecular weight is 264 g/mol. The molecule has 0 spiro atoms. The van der Waals surface area contributed by atoms with Gasteiger partial charge in [0.1, 0.15) is 18.1 Å². The lowest BCUT2D eigenvalue weighted by molar-refractivity contribution is 0.0521. The van der Waals surface area contributed by atoms with Gasteiger partial charge in [0.15, 0.2) is 5.69 Å². The van der Waals surface area contributed by atoms with Gasteiger partial charge in [-0.15, -0.1) is 0 Å². The lowest BCUT2D eigenvalue weighted by Gasteiger charge is -2.02. The summed E-state index contributed by atoms with van der Waals surface area (Å²) in [5.74, 6) is 0.999. The SMILES string of the molecule is CCOC(=O)c1ncn(Cc2nc(C)c(C)o2)c1N. The third-order valence-electron chi connectivity index (χ3n) is 2.73. The number of imidazole rings is 1.